The van der Waals surface area contributed by atoms with E-state index in [0.717, 1.165) is 12.8 Å². The van der Waals surface area contributed by atoms with Crippen LogP contribution < -0.4 is 5.32 Å². The molecule has 0 unspecified atom stereocenters. The fourth-order valence-corrected chi connectivity index (χ4v) is 3.11. The molecule has 1 aromatic carbocycles. The first-order valence-electron chi connectivity index (χ1n) is 8.40. The quantitative estimate of drug-likeness (QED) is 0.898. The van der Waals surface area contributed by atoms with Gasteiger partial charge in [-0.2, -0.15) is 0 Å². The maximum absolute atomic E-state index is 12.6. The molecule has 1 atom stereocenters. The largest absolute Gasteiger partial charge is 0.466 e. The maximum Gasteiger partial charge on any atom is 0.259 e. The number of likely N-dealkylation sites (tertiary alicyclic amines) is 1. The number of hydrogen-bond donors (Lipinski definition) is 2. The van der Waals surface area contributed by atoms with Crippen molar-refractivity contribution in [1.29, 1.82) is 0 Å². The number of benzene rings is 1. The van der Waals surface area contributed by atoms with Gasteiger partial charge in [-0.15, -0.1) is 0 Å². The lowest BCUT2D eigenvalue weighted by Crippen LogP contribution is -2.42. The number of aliphatic hydroxyl groups excluding tert-OH is 1. The van der Waals surface area contributed by atoms with E-state index in [0.29, 0.717) is 41.4 Å². The fourth-order valence-electron chi connectivity index (χ4n) is 3.11. The average Bonchev–Trinajstić information content (AvgIpc) is 2.93. The summed E-state index contributed by atoms with van der Waals surface area (Å²) in [5.41, 5.74) is 1.52. The summed E-state index contributed by atoms with van der Waals surface area (Å²) in [7, 11) is 0. The van der Waals surface area contributed by atoms with Crippen LogP contribution in [0, 0.1) is 13.8 Å². The normalized spacial score (nSPS) is 17.4. The third-order valence-corrected chi connectivity index (χ3v) is 4.34. The number of rotatable bonds is 3. The molecule has 2 aromatic rings. The van der Waals surface area contributed by atoms with E-state index in [2.05, 4.69) is 5.32 Å². The van der Waals surface area contributed by atoms with Gasteiger partial charge in [0.15, 0.2) is 0 Å². The number of hydrogen-bond acceptors (Lipinski definition) is 4. The second kappa shape index (κ2) is 7.11. The predicted octanol–water partition coefficient (Wildman–Crippen LogP) is 2.75. The van der Waals surface area contributed by atoms with Crippen molar-refractivity contribution in [2.24, 2.45) is 0 Å². The molecular formula is C19H22N2O4. The lowest BCUT2D eigenvalue weighted by atomic mass is 10.1. The van der Waals surface area contributed by atoms with Crippen LogP contribution >= 0.6 is 0 Å². The minimum Gasteiger partial charge on any atom is -0.466 e. The van der Waals surface area contributed by atoms with E-state index >= 15 is 0 Å². The van der Waals surface area contributed by atoms with Crippen molar-refractivity contribution in [2.45, 2.75) is 32.8 Å². The van der Waals surface area contributed by atoms with Crippen LogP contribution in [0.4, 0.5) is 5.69 Å². The molecule has 0 aliphatic carbocycles. The topological polar surface area (TPSA) is 82.8 Å². The van der Waals surface area contributed by atoms with E-state index in [9.17, 15) is 14.7 Å². The van der Waals surface area contributed by atoms with E-state index in [4.69, 9.17) is 4.42 Å². The number of nitrogens with zero attached hydrogens (tertiary/aromatic N) is 1. The van der Waals surface area contributed by atoms with E-state index in [1.807, 2.05) is 0 Å². The first-order valence-corrected chi connectivity index (χ1v) is 8.40. The van der Waals surface area contributed by atoms with Crippen LogP contribution in [-0.4, -0.2) is 41.0 Å². The lowest BCUT2D eigenvalue weighted by molar-refractivity contribution is 0.0474. The molecule has 1 aliphatic rings. The molecule has 25 heavy (non-hydrogen) atoms. The average molecular weight is 342 g/mol. The molecule has 2 heterocycles. The molecule has 2 amide bonds. The zero-order valence-corrected chi connectivity index (χ0v) is 14.4. The van der Waals surface area contributed by atoms with Crippen LogP contribution in [0.5, 0.6) is 0 Å². The second-order valence-corrected chi connectivity index (χ2v) is 6.41. The molecule has 0 radical (unpaired) electrons. The number of β-amino-alcohol motifs (C(OH)–C–C–N with tert-alkyl or cyclic N) is 1. The number of amides is 2. The molecule has 6 nitrogen and oxygen atoms in total. The molecule has 0 bridgehead atoms. The molecule has 0 saturated carbocycles. The molecule has 3 rings (SSSR count). The first kappa shape index (κ1) is 17.2. The van der Waals surface area contributed by atoms with Crippen LogP contribution in [0.3, 0.4) is 0 Å². The molecule has 6 heteroatoms. The van der Waals surface area contributed by atoms with Gasteiger partial charge >= 0.3 is 0 Å². The van der Waals surface area contributed by atoms with Crippen LogP contribution in [0.2, 0.25) is 0 Å². The highest BCUT2D eigenvalue weighted by Gasteiger charge is 2.23. The summed E-state index contributed by atoms with van der Waals surface area (Å²) in [6, 6.07) is 8.53. The van der Waals surface area contributed by atoms with Gasteiger partial charge in [-0.3, -0.25) is 9.59 Å². The summed E-state index contributed by atoms with van der Waals surface area (Å²) in [6.45, 7) is 4.52. The monoisotopic (exact) mass is 342 g/mol. The third kappa shape index (κ3) is 3.91. The van der Waals surface area contributed by atoms with Gasteiger partial charge in [0.25, 0.3) is 11.8 Å². The zero-order valence-electron chi connectivity index (χ0n) is 14.4. The number of aliphatic hydroxyl groups is 1. The van der Waals surface area contributed by atoms with Gasteiger partial charge in [-0.1, -0.05) is 6.07 Å². The summed E-state index contributed by atoms with van der Waals surface area (Å²) in [6.07, 6.45) is 1.05. The maximum atomic E-state index is 12.6. The van der Waals surface area contributed by atoms with Gasteiger partial charge in [0.1, 0.15) is 11.5 Å². The second-order valence-electron chi connectivity index (χ2n) is 6.41. The molecule has 132 valence electrons. The number of carbonyl (C=O) groups excluding carboxylic acids is 2. The Balaban J connectivity index is 1.74. The van der Waals surface area contributed by atoms with E-state index in [-0.39, 0.29) is 11.8 Å². The number of anilines is 1. The SMILES string of the molecule is Cc1cc(C(=O)Nc2cccc(C(=O)N3CCC[C@H](O)C3)c2)c(C)o1. The van der Waals surface area contributed by atoms with Crippen molar-refractivity contribution in [3.63, 3.8) is 0 Å². The highest BCUT2D eigenvalue weighted by molar-refractivity contribution is 6.05. The minimum absolute atomic E-state index is 0.134. The third-order valence-electron chi connectivity index (χ3n) is 4.34. The molecule has 1 saturated heterocycles. The van der Waals surface area contributed by atoms with Crippen LogP contribution in [0.25, 0.3) is 0 Å². The Morgan fingerprint density at radius 3 is 2.76 bits per heavy atom. The summed E-state index contributed by atoms with van der Waals surface area (Å²) < 4.78 is 5.38. The Bertz CT molecular complexity index is 796. The predicted molar refractivity (Wildman–Crippen MR) is 93.7 cm³/mol. The number of nitrogens with one attached hydrogen (secondary N) is 1. The molecular weight excluding hydrogens is 320 g/mol. The summed E-state index contributed by atoms with van der Waals surface area (Å²) in [4.78, 5) is 26.6. The van der Waals surface area contributed by atoms with Crippen molar-refractivity contribution >= 4 is 17.5 Å². The highest BCUT2D eigenvalue weighted by Crippen LogP contribution is 2.19. The fraction of sp³-hybridized carbons (Fsp3) is 0.368. The van der Waals surface area contributed by atoms with Gasteiger partial charge < -0.3 is 19.7 Å². The Morgan fingerprint density at radius 1 is 1.28 bits per heavy atom. The smallest absolute Gasteiger partial charge is 0.259 e. The van der Waals surface area contributed by atoms with Crippen molar-refractivity contribution < 1.29 is 19.1 Å². The van der Waals surface area contributed by atoms with Crippen molar-refractivity contribution in [2.75, 3.05) is 18.4 Å². The van der Waals surface area contributed by atoms with E-state index in [1.54, 1.807) is 49.1 Å². The number of piperidine rings is 1. The minimum atomic E-state index is -0.465. The van der Waals surface area contributed by atoms with Gasteiger partial charge in [-0.05, 0) is 51.0 Å². The summed E-state index contributed by atoms with van der Waals surface area (Å²) >= 11 is 0. The number of carbonyl (C=O) groups is 2. The van der Waals surface area contributed by atoms with Gasteiger partial charge in [0.05, 0.1) is 11.7 Å². The van der Waals surface area contributed by atoms with E-state index in [1.165, 1.54) is 0 Å². The van der Waals surface area contributed by atoms with Gasteiger partial charge in [0.2, 0.25) is 0 Å². The lowest BCUT2D eigenvalue weighted by Gasteiger charge is -2.30. The van der Waals surface area contributed by atoms with Gasteiger partial charge in [0, 0.05) is 24.3 Å². The van der Waals surface area contributed by atoms with Crippen molar-refractivity contribution in [1.82, 2.24) is 4.90 Å². The number of aryl methyl sites for hydroxylation is 2. The molecule has 1 fully saturated rings. The first-order chi connectivity index (χ1) is 11.9. The van der Waals surface area contributed by atoms with Crippen LogP contribution in [-0.2, 0) is 0 Å². The Morgan fingerprint density at radius 2 is 2.08 bits per heavy atom. The zero-order chi connectivity index (χ0) is 18.0. The highest BCUT2D eigenvalue weighted by atomic mass is 16.3. The Kier molecular flexibility index (Phi) is 4.90. The van der Waals surface area contributed by atoms with Crippen molar-refractivity contribution in [3.05, 3.63) is 53.0 Å². The standard InChI is InChI=1S/C19H22N2O4/c1-12-9-17(13(2)25-12)18(23)20-15-6-3-5-14(10-15)19(24)21-8-4-7-16(22)11-21/h3,5-6,9-10,16,22H,4,7-8,11H2,1-2H3,(H,20,23)/t16-/m0/s1. The Labute approximate surface area is 146 Å². The van der Waals surface area contributed by atoms with Gasteiger partial charge in [-0.25, -0.2) is 0 Å². The summed E-state index contributed by atoms with van der Waals surface area (Å²) in [5.74, 6) is 0.831. The molecule has 1 aromatic heterocycles. The van der Waals surface area contributed by atoms with Crippen LogP contribution in [0.1, 0.15) is 45.1 Å². The van der Waals surface area contributed by atoms with E-state index < -0.39 is 6.10 Å². The molecule has 2 N–H and O–H groups in total. The Hall–Kier alpha value is -2.60. The summed E-state index contributed by atoms with van der Waals surface area (Å²) in [5, 5.41) is 12.5. The molecule has 1 aliphatic heterocycles. The van der Waals surface area contributed by atoms with Crippen molar-refractivity contribution in [3.8, 4) is 0 Å². The van der Waals surface area contributed by atoms with Crippen LogP contribution in [0.15, 0.2) is 34.7 Å². The molecule has 0 spiro atoms. The number of furan rings is 1.